The molecule has 1 aromatic heterocycles. The molecule has 0 saturated carbocycles. The maximum atomic E-state index is 12.1. The van der Waals surface area contributed by atoms with Crippen LogP contribution in [0.15, 0.2) is 11.4 Å². The van der Waals surface area contributed by atoms with Gasteiger partial charge in [-0.05, 0) is 49.9 Å². The Morgan fingerprint density at radius 3 is 2.79 bits per heavy atom. The molecule has 2 heterocycles. The van der Waals surface area contributed by atoms with E-state index in [4.69, 9.17) is 0 Å². The highest BCUT2D eigenvalue weighted by molar-refractivity contribution is 7.12. The summed E-state index contributed by atoms with van der Waals surface area (Å²) in [4.78, 5) is 13.0. The number of hydrogen-bond donors (Lipinski definition) is 1. The molecular formula is C11H15NOS. The second-order valence-electron chi connectivity index (χ2n) is 3.82. The zero-order valence-electron chi connectivity index (χ0n) is 8.38. The minimum Gasteiger partial charge on any atom is -0.317 e. The topological polar surface area (TPSA) is 29.1 Å². The average molecular weight is 209 g/mol. The lowest BCUT2D eigenvalue weighted by atomic mass is 9.92. The van der Waals surface area contributed by atoms with Crippen LogP contribution < -0.4 is 5.32 Å². The second kappa shape index (κ2) is 4.24. The van der Waals surface area contributed by atoms with Crippen LogP contribution in [0.1, 0.15) is 28.1 Å². The van der Waals surface area contributed by atoms with Crippen molar-refractivity contribution in [2.45, 2.75) is 19.8 Å². The van der Waals surface area contributed by atoms with E-state index in [1.54, 1.807) is 11.3 Å². The summed E-state index contributed by atoms with van der Waals surface area (Å²) < 4.78 is 0. The molecule has 0 atom stereocenters. The third kappa shape index (κ3) is 1.88. The van der Waals surface area contributed by atoms with Crippen molar-refractivity contribution < 1.29 is 4.79 Å². The van der Waals surface area contributed by atoms with E-state index in [0.717, 1.165) is 36.4 Å². The summed E-state index contributed by atoms with van der Waals surface area (Å²) in [7, 11) is 0. The van der Waals surface area contributed by atoms with Gasteiger partial charge in [0.25, 0.3) is 0 Å². The van der Waals surface area contributed by atoms with Crippen molar-refractivity contribution in [1.29, 1.82) is 0 Å². The van der Waals surface area contributed by atoms with Gasteiger partial charge < -0.3 is 5.32 Å². The lowest BCUT2D eigenvalue weighted by Gasteiger charge is -2.20. The minimum atomic E-state index is 0.258. The third-order valence-corrected chi connectivity index (χ3v) is 3.83. The Morgan fingerprint density at radius 2 is 2.21 bits per heavy atom. The third-order valence-electron chi connectivity index (χ3n) is 2.80. The predicted octanol–water partition coefficient (Wildman–Crippen LogP) is 2.24. The number of aryl methyl sites for hydroxylation is 1. The normalized spacial score (nSPS) is 18.4. The number of hydrogen-bond acceptors (Lipinski definition) is 3. The van der Waals surface area contributed by atoms with Gasteiger partial charge in [0.05, 0.1) is 4.88 Å². The molecule has 1 fully saturated rings. The summed E-state index contributed by atoms with van der Waals surface area (Å²) in [5, 5.41) is 5.28. The lowest BCUT2D eigenvalue weighted by molar-refractivity contribution is 0.0899. The minimum absolute atomic E-state index is 0.258. The van der Waals surface area contributed by atoms with E-state index < -0.39 is 0 Å². The van der Waals surface area contributed by atoms with Crippen molar-refractivity contribution in [2.75, 3.05) is 13.1 Å². The molecule has 2 nitrogen and oxygen atoms in total. The number of piperidine rings is 1. The summed E-state index contributed by atoms with van der Waals surface area (Å²) in [5.74, 6) is 0.618. The molecule has 1 aliphatic rings. The molecule has 1 N–H and O–H groups in total. The predicted molar refractivity (Wildman–Crippen MR) is 59.0 cm³/mol. The Balaban J connectivity index is 2.11. The standard InChI is InChI=1S/C11H15NOS/c1-8-4-7-14-11(8)10(13)9-2-5-12-6-3-9/h4,7,9,12H,2-3,5-6H2,1H3. The van der Waals surface area contributed by atoms with Crippen LogP contribution in [0.5, 0.6) is 0 Å². The Labute approximate surface area is 88.3 Å². The quantitative estimate of drug-likeness (QED) is 0.757. The smallest absolute Gasteiger partial charge is 0.176 e. The van der Waals surface area contributed by atoms with Gasteiger partial charge in [-0.2, -0.15) is 0 Å². The number of Topliss-reactive ketones (excluding diaryl/α,β-unsaturated/α-hetero) is 1. The second-order valence-corrected chi connectivity index (χ2v) is 4.74. The fourth-order valence-electron chi connectivity index (χ4n) is 1.89. The fourth-order valence-corrected chi connectivity index (χ4v) is 2.84. The first-order valence-electron chi connectivity index (χ1n) is 5.08. The van der Waals surface area contributed by atoms with Crippen molar-refractivity contribution in [3.8, 4) is 0 Å². The summed E-state index contributed by atoms with van der Waals surface area (Å²) in [5.41, 5.74) is 1.14. The molecule has 1 aromatic rings. The van der Waals surface area contributed by atoms with Crippen LogP contribution in [0.2, 0.25) is 0 Å². The van der Waals surface area contributed by atoms with E-state index in [1.807, 2.05) is 18.4 Å². The molecule has 3 heteroatoms. The molecule has 0 aromatic carbocycles. The molecule has 0 spiro atoms. The van der Waals surface area contributed by atoms with Crippen LogP contribution in [0.4, 0.5) is 0 Å². The first-order chi connectivity index (χ1) is 6.79. The van der Waals surface area contributed by atoms with Crippen LogP contribution in [-0.4, -0.2) is 18.9 Å². The highest BCUT2D eigenvalue weighted by Gasteiger charge is 2.23. The lowest BCUT2D eigenvalue weighted by Crippen LogP contribution is -2.31. The summed E-state index contributed by atoms with van der Waals surface area (Å²) >= 11 is 1.58. The van der Waals surface area contributed by atoms with E-state index in [-0.39, 0.29) is 5.92 Å². The van der Waals surface area contributed by atoms with Crippen molar-refractivity contribution >= 4 is 17.1 Å². The molecule has 0 bridgehead atoms. The van der Waals surface area contributed by atoms with Crippen molar-refractivity contribution in [2.24, 2.45) is 5.92 Å². The van der Waals surface area contributed by atoms with Gasteiger partial charge in [0.15, 0.2) is 5.78 Å². The fraction of sp³-hybridized carbons (Fsp3) is 0.545. The highest BCUT2D eigenvalue weighted by atomic mass is 32.1. The zero-order chi connectivity index (χ0) is 9.97. The van der Waals surface area contributed by atoms with E-state index in [2.05, 4.69) is 5.32 Å². The van der Waals surface area contributed by atoms with Crippen LogP contribution in [0, 0.1) is 12.8 Å². The Kier molecular flexibility index (Phi) is 2.99. The number of carbonyl (C=O) groups excluding carboxylic acids is 1. The van der Waals surface area contributed by atoms with Gasteiger partial charge in [0, 0.05) is 5.92 Å². The molecule has 1 saturated heterocycles. The Morgan fingerprint density at radius 1 is 1.50 bits per heavy atom. The van der Waals surface area contributed by atoms with Crippen molar-refractivity contribution in [3.63, 3.8) is 0 Å². The molecule has 1 aliphatic heterocycles. The maximum absolute atomic E-state index is 12.1. The molecule has 0 aliphatic carbocycles. The molecule has 0 amide bonds. The van der Waals surface area contributed by atoms with Gasteiger partial charge >= 0.3 is 0 Å². The Hall–Kier alpha value is -0.670. The van der Waals surface area contributed by atoms with E-state index in [9.17, 15) is 4.79 Å². The summed E-state index contributed by atoms with van der Waals surface area (Å²) in [6.07, 6.45) is 1.99. The number of thiophene rings is 1. The van der Waals surface area contributed by atoms with Crippen molar-refractivity contribution in [1.82, 2.24) is 5.32 Å². The van der Waals surface area contributed by atoms with E-state index in [1.165, 1.54) is 0 Å². The number of carbonyl (C=O) groups is 1. The summed E-state index contributed by atoms with van der Waals surface area (Å²) in [6, 6.07) is 2.03. The Bertz CT molecular complexity index is 326. The average Bonchev–Trinajstić information content (AvgIpc) is 2.65. The van der Waals surface area contributed by atoms with Crippen LogP contribution in [-0.2, 0) is 0 Å². The molecule has 76 valence electrons. The zero-order valence-corrected chi connectivity index (χ0v) is 9.19. The van der Waals surface area contributed by atoms with Gasteiger partial charge in [0.1, 0.15) is 0 Å². The van der Waals surface area contributed by atoms with E-state index in [0.29, 0.717) is 5.78 Å². The van der Waals surface area contributed by atoms with Gasteiger partial charge in [-0.15, -0.1) is 11.3 Å². The van der Waals surface area contributed by atoms with E-state index >= 15 is 0 Å². The molecule has 14 heavy (non-hydrogen) atoms. The number of nitrogens with one attached hydrogen (secondary N) is 1. The molecule has 2 rings (SSSR count). The maximum Gasteiger partial charge on any atom is 0.176 e. The SMILES string of the molecule is Cc1ccsc1C(=O)C1CCNCC1. The van der Waals surface area contributed by atoms with Gasteiger partial charge in [-0.1, -0.05) is 0 Å². The van der Waals surface area contributed by atoms with Crippen LogP contribution in [0.25, 0.3) is 0 Å². The van der Waals surface area contributed by atoms with Crippen LogP contribution in [0.3, 0.4) is 0 Å². The molecule has 0 radical (unpaired) electrons. The molecule has 0 unspecified atom stereocenters. The monoisotopic (exact) mass is 209 g/mol. The first kappa shape index (κ1) is 9.87. The number of ketones is 1. The van der Waals surface area contributed by atoms with Crippen molar-refractivity contribution in [3.05, 3.63) is 21.9 Å². The summed E-state index contributed by atoms with van der Waals surface area (Å²) in [6.45, 7) is 3.99. The first-order valence-corrected chi connectivity index (χ1v) is 5.96. The molecular weight excluding hydrogens is 194 g/mol. The van der Waals surface area contributed by atoms with Gasteiger partial charge in [-0.3, -0.25) is 4.79 Å². The number of rotatable bonds is 2. The van der Waals surface area contributed by atoms with Crippen LogP contribution >= 0.6 is 11.3 Å². The van der Waals surface area contributed by atoms with Gasteiger partial charge in [-0.25, -0.2) is 0 Å². The largest absolute Gasteiger partial charge is 0.317 e. The highest BCUT2D eigenvalue weighted by Crippen LogP contribution is 2.24. The van der Waals surface area contributed by atoms with Gasteiger partial charge in [0.2, 0.25) is 0 Å².